The molecule has 0 radical (unpaired) electrons. The normalized spacial score (nSPS) is 10.1. The van der Waals surface area contributed by atoms with Gasteiger partial charge in [0.25, 0.3) is 23.2 Å². The number of rotatable bonds is 6. The van der Waals surface area contributed by atoms with Crippen LogP contribution in [0.4, 0.5) is 11.4 Å². The van der Waals surface area contributed by atoms with Crippen LogP contribution in [0.3, 0.4) is 0 Å². The molecule has 0 aliphatic rings. The maximum Gasteiger partial charge on any atom is 0.277 e. The lowest BCUT2D eigenvalue weighted by atomic mass is 10.1. The molecule has 0 unspecified atom stereocenters. The number of benzene rings is 2. The number of non-ortho nitro benzene ring substituents is 2. The first-order chi connectivity index (χ1) is 13.2. The van der Waals surface area contributed by atoms with Crippen LogP contribution in [-0.4, -0.2) is 28.3 Å². The molecule has 0 aliphatic heterocycles. The van der Waals surface area contributed by atoms with Crippen LogP contribution in [0.5, 0.6) is 5.75 Å². The van der Waals surface area contributed by atoms with E-state index in [1.165, 1.54) is 0 Å². The van der Waals surface area contributed by atoms with E-state index in [0.29, 0.717) is 10.2 Å². The monoisotopic (exact) mass is 452 g/mol. The zero-order valence-corrected chi connectivity index (χ0v) is 15.9. The summed E-state index contributed by atoms with van der Waals surface area (Å²) in [7, 11) is 0. The van der Waals surface area contributed by atoms with Crippen LogP contribution in [0.15, 0.2) is 40.9 Å². The van der Waals surface area contributed by atoms with Crippen LogP contribution in [0.1, 0.15) is 15.9 Å². The molecule has 2 aromatic carbocycles. The van der Waals surface area contributed by atoms with E-state index >= 15 is 0 Å². The van der Waals surface area contributed by atoms with Crippen molar-refractivity contribution in [3.8, 4) is 5.75 Å². The molecular formula is C16H13BrN4O7. The number of nitro benzene ring substituents is 2. The Kier molecular flexibility index (Phi) is 6.60. The first-order valence-corrected chi connectivity index (χ1v) is 8.38. The number of amides is 2. The summed E-state index contributed by atoms with van der Waals surface area (Å²) in [6.07, 6.45) is 0. The molecule has 2 rings (SSSR count). The van der Waals surface area contributed by atoms with Crippen molar-refractivity contribution in [3.05, 3.63) is 72.2 Å². The van der Waals surface area contributed by atoms with Crippen molar-refractivity contribution in [1.82, 2.24) is 10.9 Å². The molecule has 0 aromatic heterocycles. The molecule has 0 atom stereocenters. The SMILES string of the molecule is Cc1ccc(OCC(=O)NNC(=O)c2cc([N+](=O)[O-])cc([N+](=O)[O-])c2)c(Br)c1. The van der Waals surface area contributed by atoms with Crippen LogP contribution in [0.2, 0.25) is 0 Å². The highest BCUT2D eigenvalue weighted by Crippen LogP contribution is 2.25. The van der Waals surface area contributed by atoms with Crippen LogP contribution >= 0.6 is 15.9 Å². The molecule has 0 spiro atoms. The summed E-state index contributed by atoms with van der Waals surface area (Å²) in [6.45, 7) is 1.46. The summed E-state index contributed by atoms with van der Waals surface area (Å²) < 4.78 is 5.95. The number of hydrogen-bond donors (Lipinski definition) is 2. The number of ether oxygens (including phenoxy) is 1. The van der Waals surface area contributed by atoms with E-state index in [0.717, 1.165) is 23.8 Å². The van der Waals surface area contributed by atoms with Gasteiger partial charge in [0.1, 0.15) is 5.75 Å². The smallest absolute Gasteiger partial charge is 0.277 e. The largest absolute Gasteiger partial charge is 0.483 e. The Morgan fingerprint density at radius 3 is 2.18 bits per heavy atom. The number of carbonyl (C=O) groups excluding carboxylic acids is 2. The molecule has 146 valence electrons. The van der Waals surface area contributed by atoms with Crippen molar-refractivity contribution in [2.75, 3.05) is 6.61 Å². The van der Waals surface area contributed by atoms with Crippen LogP contribution in [-0.2, 0) is 4.79 Å². The van der Waals surface area contributed by atoms with Crippen molar-refractivity contribution in [2.24, 2.45) is 0 Å². The molecule has 0 saturated carbocycles. The van der Waals surface area contributed by atoms with E-state index in [-0.39, 0.29) is 5.56 Å². The van der Waals surface area contributed by atoms with Gasteiger partial charge in [0, 0.05) is 12.1 Å². The highest BCUT2D eigenvalue weighted by atomic mass is 79.9. The minimum absolute atomic E-state index is 0.358. The lowest BCUT2D eigenvalue weighted by Crippen LogP contribution is -2.43. The Morgan fingerprint density at radius 2 is 1.64 bits per heavy atom. The lowest BCUT2D eigenvalue weighted by molar-refractivity contribution is -0.394. The summed E-state index contributed by atoms with van der Waals surface area (Å²) in [5, 5.41) is 21.7. The summed E-state index contributed by atoms with van der Waals surface area (Å²) in [5.74, 6) is -1.25. The standard InChI is InChI=1S/C16H13BrN4O7/c1-9-2-3-14(13(17)4-9)28-8-15(22)18-19-16(23)10-5-11(20(24)25)7-12(6-10)21(26)27/h2-7H,8H2,1H3,(H,18,22)(H,19,23). The molecule has 28 heavy (non-hydrogen) atoms. The number of hydrazine groups is 1. The molecular weight excluding hydrogens is 440 g/mol. The van der Waals surface area contributed by atoms with E-state index in [1.807, 2.05) is 12.3 Å². The molecule has 0 heterocycles. The molecule has 0 bridgehead atoms. The van der Waals surface area contributed by atoms with E-state index < -0.39 is 39.6 Å². The molecule has 0 aliphatic carbocycles. The molecule has 2 aromatic rings. The third-order valence-corrected chi connectivity index (χ3v) is 3.97. The van der Waals surface area contributed by atoms with Gasteiger partial charge in [0.2, 0.25) is 0 Å². The van der Waals surface area contributed by atoms with Gasteiger partial charge in [-0.05, 0) is 40.5 Å². The minimum atomic E-state index is -0.961. The van der Waals surface area contributed by atoms with E-state index in [4.69, 9.17) is 4.74 Å². The van der Waals surface area contributed by atoms with Crippen LogP contribution < -0.4 is 15.6 Å². The summed E-state index contributed by atoms with van der Waals surface area (Å²) in [4.78, 5) is 43.8. The first kappa shape index (κ1) is 20.8. The Labute approximate surface area is 166 Å². The molecule has 12 heteroatoms. The number of aryl methyl sites for hydroxylation is 1. The zero-order valence-electron chi connectivity index (χ0n) is 14.3. The van der Waals surface area contributed by atoms with Gasteiger partial charge in [-0.2, -0.15) is 0 Å². The van der Waals surface area contributed by atoms with E-state index in [2.05, 4.69) is 21.4 Å². The number of nitro groups is 2. The zero-order chi connectivity index (χ0) is 20.8. The minimum Gasteiger partial charge on any atom is -0.483 e. The maximum absolute atomic E-state index is 12.0. The highest BCUT2D eigenvalue weighted by Gasteiger charge is 2.20. The number of carbonyl (C=O) groups is 2. The quantitative estimate of drug-likeness (QED) is 0.503. The van der Waals surface area contributed by atoms with E-state index in [1.54, 1.807) is 18.2 Å². The second-order valence-electron chi connectivity index (χ2n) is 5.48. The van der Waals surface area contributed by atoms with Crippen molar-refractivity contribution in [1.29, 1.82) is 0 Å². The number of nitrogens with one attached hydrogen (secondary N) is 2. The summed E-state index contributed by atoms with van der Waals surface area (Å²) in [5.41, 5.74) is 3.45. The third-order valence-electron chi connectivity index (χ3n) is 3.35. The Morgan fingerprint density at radius 1 is 1.04 bits per heavy atom. The topological polar surface area (TPSA) is 154 Å². The van der Waals surface area contributed by atoms with Gasteiger partial charge in [-0.15, -0.1) is 0 Å². The molecule has 2 N–H and O–H groups in total. The van der Waals surface area contributed by atoms with Gasteiger partial charge in [0.05, 0.1) is 25.9 Å². The van der Waals surface area contributed by atoms with Crippen LogP contribution in [0.25, 0.3) is 0 Å². The average Bonchev–Trinajstić information content (AvgIpc) is 2.64. The fourth-order valence-electron chi connectivity index (χ4n) is 2.04. The van der Waals surface area contributed by atoms with Crippen LogP contribution in [0, 0.1) is 27.2 Å². The van der Waals surface area contributed by atoms with Gasteiger partial charge < -0.3 is 4.74 Å². The lowest BCUT2D eigenvalue weighted by Gasteiger charge is -2.10. The Balaban J connectivity index is 1.98. The Hall–Kier alpha value is -3.54. The number of hydrogen-bond acceptors (Lipinski definition) is 7. The van der Waals surface area contributed by atoms with Gasteiger partial charge >= 0.3 is 0 Å². The van der Waals surface area contributed by atoms with Gasteiger partial charge in [-0.3, -0.25) is 40.7 Å². The molecule has 11 nitrogen and oxygen atoms in total. The van der Waals surface area contributed by atoms with Crippen molar-refractivity contribution in [3.63, 3.8) is 0 Å². The fourth-order valence-corrected chi connectivity index (χ4v) is 2.65. The van der Waals surface area contributed by atoms with Crippen molar-refractivity contribution < 1.29 is 24.2 Å². The van der Waals surface area contributed by atoms with Gasteiger partial charge in [0.15, 0.2) is 6.61 Å². The molecule has 0 saturated heterocycles. The molecule has 0 fully saturated rings. The highest BCUT2D eigenvalue weighted by molar-refractivity contribution is 9.10. The molecule has 2 amide bonds. The van der Waals surface area contributed by atoms with Crippen molar-refractivity contribution >= 4 is 39.1 Å². The van der Waals surface area contributed by atoms with Crippen molar-refractivity contribution in [2.45, 2.75) is 6.92 Å². The predicted octanol–water partition coefficient (Wildman–Crippen LogP) is 2.41. The first-order valence-electron chi connectivity index (χ1n) is 7.59. The van der Waals surface area contributed by atoms with Gasteiger partial charge in [-0.25, -0.2) is 0 Å². The Bertz CT molecular complexity index is 932. The predicted molar refractivity (Wildman–Crippen MR) is 99.7 cm³/mol. The number of nitrogens with zero attached hydrogens (tertiary/aromatic N) is 2. The second kappa shape index (κ2) is 8.90. The third kappa shape index (κ3) is 5.48. The maximum atomic E-state index is 12.0. The number of halogens is 1. The van der Waals surface area contributed by atoms with Gasteiger partial charge in [-0.1, -0.05) is 6.07 Å². The summed E-state index contributed by atoms with van der Waals surface area (Å²) in [6, 6.07) is 7.68. The average molecular weight is 453 g/mol. The van der Waals surface area contributed by atoms with E-state index in [9.17, 15) is 29.8 Å². The fraction of sp³-hybridized carbons (Fsp3) is 0.125. The summed E-state index contributed by atoms with van der Waals surface area (Å²) >= 11 is 3.29. The second-order valence-corrected chi connectivity index (χ2v) is 6.33.